The number of aromatic nitrogens is 6. The Hall–Kier alpha value is -4.99. The first-order valence-corrected chi connectivity index (χ1v) is 10.9. The summed E-state index contributed by atoms with van der Waals surface area (Å²) in [6.45, 7) is 0. The van der Waals surface area contributed by atoms with Crippen LogP contribution in [0.15, 0.2) is 95.0 Å². The quantitative estimate of drug-likeness (QED) is 0.423. The number of hydrogen-bond donors (Lipinski definition) is 1. The predicted molar refractivity (Wildman–Crippen MR) is 127 cm³/mol. The number of aliphatic imine (C=N–C) groups is 1. The molecule has 1 N–H and O–H groups in total. The lowest BCUT2D eigenvalue weighted by atomic mass is 9.96. The normalized spacial score (nSPS) is 15.3. The van der Waals surface area contributed by atoms with Gasteiger partial charge in [-0.2, -0.15) is 5.10 Å². The molecule has 1 atom stereocenters. The fourth-order valence-corrected chi connectivity index (χ4v) is 3.89. The van der Waals surface area contributed by atoms with Crippen LogP contribution in [-0.4, -0.2) is 47.6 Å². The summed E-state index contributed by atoms with van der Waals surface area (Å²) in [4.78, 5) is 26.2. The Kier molecular flexibility index (Phi) is 5.15. The number of rotatable bonds is 5. The molecular weight excluding hydrogens is 444 g/mol. The summed E-state index contributed by atoms with van der Waals surface area (Å²) in [5.41, 5.74) is 4.14. The van der Waals surface area contributed by atoms with Gasteiger partial charge in [0.15, 0.2) is 17.8 Å². The van der Waals surface area contributed by atoms with Crippen LogP contribution in [0.3, 0.4) is 0 Å². The van der Waals surface area contributed by atoms with Crippen molar-refractivity contribution in [3.8, 4) is 17.3 Å². The van der Waals surface area contributed by atoms with E-state index in [0.29, 0.717) is 11.4 Å². The zero-order valence-corrected chi connectivity index (χ0v) is 18.3. The molecule has 4 heterocycles. The summed E-state index contributed by atoms with van der Waals surface area (Å²) in [7, 11) is 0. The second kappa shape index (κ2) is 8.75. The van der Waals surface area contributed by atoms with Crippen molar-refractivity contribution in [2.75, 3.05) is 5.32 Å². The second-order valence-electron chi connectivity index (χ2n) is 7.85. The summed E-state index contributed by atoms with van der Waals surface area (Å²) in [6, 6.07) is 21.3. The van der Waals surface area contributed by atoms with Gasteiger partial charge in [-0.3, -0.25) is 9.79 Å². The molecule has 3 aromatic heterocycles. The first kappa shape index (κ1) is 20.6. The number of fused-ring (bicyclic) bond motifs is 1. The minimum Gasteiger partial charge on any atom is -0.403 e. The van der Waals surface area contributed by atoms with Crippen molar-refractivity contribution in [2.45, 2.75) is 12.6 Å². The lowest BCUT2D eigenvalue weighted by Gasteiger charge is -2.11. The lowest BCUT2D eigenvalue weighted by molar-refractivity contribution is -0.119. The van der Waals surface area contributed by atoms with Crippen LogP contribution in [0.25, 0.3) is 17.3 Å². The number of Topliss-reactive ketones (excluding diaryl/α,β-unsaturated/α-hetero) is 1. The average Bonchev–Trinajstić information content (AvgIpc) is 3.58. The Morgan fingerprint density at radius 1 is 0.943 bits per heavy atom. The van der Waals surface area contributed by atoms with Gasteiger partial charge < -0.3 is 9.73 Å². The first-order valence-electron chi connectivity index (χ1n) is 10.9. The SMILES string of the molecule is O=C1Cc2ccccc2C(c2ccccc2)=NC1Nc1nnc(-c2ccc(-n3cncn3)nc2)o1. The highest BCUT2D eigenvalue weighted by Crippen LogP contribution is 2.24. The molecule has 0 radical (unpaired) electrons. The van der Waals surface area contributed by atoms with Crippen molar-refractivity contribution in [2.24, 2.45) is 4.99 Å². The zero-order chi connectivity index (χ0) is 23.6. The number of carbonyl (C=O) groups excluding carboxylic acids is 1. The highest BCUT2D eigenvalue weighted by atomic mass is 16.4. The fraction of sp³-hybridized carbons (Fsp3) is 0.0800. The molecule has 0 spiro atoms. The number of nitrogens with zero attached hydrogens (tertiary/aromatic N) is 7. The highest BCUT2D eigenvalue weighted by molar-refractivity contribution is 6.16. The van der Waals surface area contributed by atoms with Gasteiger partial charge in [0.1, 0.15) is 12.7 Å². The average molecular weight is 462 g/mol. The van der Waals surface area contributed by atoms with Crippen LogP contribution in [0.5, 0.6) is 0 Å². The van der Waals surface area contributed by atoms with Gasteiger partial charge >= 0.3 is 6.01 Å². The number of anilines is 1. The summed E-state index contributed by atoms with van der Waals surface area (Å²) in [6.07, 6.45) is 3.96. The Morgan fingerprint density at radius 2 is 1.80 bits per heavy atom. The molecule has 5 aromatic rings. The Bertz CT molecular complexity index is 1510. The molecule has 1 aliphatic heterocycles. The van der Waals surface area contributed by atoms with E-state index in [1.54, 1.807) is 29.3 Å². The van der Waals surface area contributed by atoms with Crippen molar-refractivity contribution < 1.29 is 9.21 Å². The van der Waals surface area contributed by atoms with Crippen LogP contribution in [0.2, 0.25) is 0 Å². The van der Waals surface area contributed by atoms with Crippen molar-refractivity contribution in [3.63, 3.8) is 0 Å². The largest absolute Gasteiger partial charge is 0.403 e. The molecular formula is C25H18N8O2. The number of carbonyl (C=O) groups is 1. The van der Waals surface area contributed by atoms with Crippen LogP contribution in [0.1, 0.15) is 16.7 Å². The zero-order valence-electron chi connectivity index (χ0n) is 18.3. The maximum atomic E-state index is 13.1. The smallest absolute Gasteiger partial charge is 0.317 e. The molecule has 35 heavy (non-hydrogen) atoms. The summed E-state index contributed by atoms with van der Waals surface area (Å²) in [5, 5.41) is 15.2. The Morgan fingerprint density at radius 3 is 2.60 bits per heavy atom. The van der Waals surface area contributed by atoms with Crippen LogP contribution in [-0.2, 0) is 11.2 Å². The van der Waals surface area contributed by atoms with E-state index in [-0.39, 0.29) is 24.1 Å². The van der Waals surface area contributed by atoms with Gasteiger partial charge in [0.25, 0.3) is 5.89 Å². The van der Waals surface area contributed by atoms with E-state index < -0.39 is 6.17 Å². The van der Waals surface area contributed by atoms with Crippen molar-refractivity contribution in [1.29, 1.82) is 0 Å². The van der Waals surface area contributed by atoms with E-state index in [1.807, 2.05) is 54.6 Å². The molecule has 10 nitrogen and oxygen atoms in total. The van der Waals surface area contributed by atoms with E-state index in [0.717, 1.165) is 22.4 Å². The topological polar surface area (TPSA) is 124 Å². The van der Waals surface area contributed by atoms with E-state index in [2.05, 4.69) is 30.6 Å². The molecule has 10 heteroatoms. The molecule has 0 saturated carbocycles. The molecule has 6 rings (SSSR count). The summed E-state index contributed by atoms with van der Waals surface area (Å²) < 4.78 is 7.32. The van der Waals surface area contributed by atoms with Crippen molar-refractivity contribution in [1.82, 2.24) is 29.9 Å². The van der Waals surface area contributed by atoms with Gasteiger partial charge in [-0.05, 0) is 17.7 Å². The monoisotopic (exact) mass is 462 g/mol. The number of pyridine rings is 1. The summed E-state index contributed by atoms with van der Waals surface area (Å²) >= 11 is 0. The van der Waals surface area contributed by atoms with E-state index in [1.165, 1.54) is 6.33 Å². The van der Waals surface area contributed by atoms with Crippen LogP contribution < -0.4 is 5.32 Å². The first-order chi connectivity index (χ1) is 17.2. The Labute approximate surface area is 199 Å². The fourth-order valence-electron chi connectivity index (χ4n) is 3.89. The van der Waals surface area contributed by atoms with Gasteiger partial charge in [-0.1, -0.05) is 59.7 Å². The standard InChI is InChI=1S/C25H18N8O2/c34-20-12-17-8-4-5-9-19(17)22(16-6-2-1-3-7-16)29-23(20)30-25-32-31-24(35-25)18-10-11-21(27-13-18)33-15-26-14-28-33/h1-11,13-15,23H,12H2,(H,30,32). The molecule has 0 amide bonds. The predicted octanol–water partition coefficient (Wildman–Crippen LogP) is 3.11. The number of nitrogens with one attached hydrogen (secondary N) is 1. The van der Waals surface area contributed by atoms with E-state index in [4.69, 9.17) is 9.41 Å². The molecule has 1 unspecified atom stereocenters. The van der Waals surface area contributed by atoms with E-state index in [9.17, 15) is 4.79 Å². The van der Waals surface area contributed by atoms with Crippen LogP contribution >= 0.6 is 0 Å². The third kappa shape index (κ3) is 4.08. The molecule has 0 aliphatic carbocycles. The lowest BCUT2D eigenvalue weighted by Crippen LogP contribution is -2.29. The van der Waals surface area contributed by atoms with Crippen molar-refractivity contribution in [3.05, 3.63) is 102 Å². The minimum absolute atomic E-state index is 0.0954. The van der Waals surface area contributed by atoms with Crippen LogP contribution in [0.4, 0.5) is 6.01 Å². The van der Waals surface area contributed by atoms with Gasteiger partial charge in [0.2, 0.25) is 0 Å². The van der Waals surface area contributed by atoms with Crippen LogP contribution in [0, 0.1) is 0 Å². The molecule has 2 aromatic carbocycles. The number of hydrogen-bond acceptors (Lipinski definition) is 9. The molecule has 1 aliphatic rings. The molecule has 0 bridgehead atoms. The number of benzene rings is 2. The maximum absolute atomic E-state index is 13.1. The van der Waals surface area contributed by atoms with Crippen molar-refractivity contribution >= 4 is 17.5 Å². The van der Waals surface area contributed by atoms with E-state index >= 15 is 0 Å². The van der Waals surface area contributed by atoms with Gasteiger partial charge in [0.05, 0.1) is 11.3 Å². The van der Waals surface area contributed by atoms with Gasteiger partial charge in [-0.15, -0.1) is 5.10 Å². The molecule has 0 fully saturated rings. The van der Waals surface area contributed by atoms with Gasteiger partial charge in [0, 0.05) is 23.7 Å². The molecule has 170 valence electrons. The maximum Gasteiger partial charge on any atom is 0.317 e. The Balaban J connectivity index is 1.29. The third-order valence-electron chi connectivity index (χ3n) is 5.58. The second-order valence-corrected chi connectivity index (χ2v) is 7.85. The summed E-state index contributed by atoms with van der Waals surface area (Å²) in [5.74, 6) is 0.777. The molecule has 0 saturated heterocycles. The van der Waals surface area contributed by atoms with Gasteiger partial charge in [-0.25, -0.2) is 14.6 Å². The highest BCUT2D eigenvalue weighted by Gasteiger charge is 2.27. The number of ketones is 1. The minimum atomic E-state index is -0.876. The third-order valence-corrected chi connectivity index (χ3v) is 5.58.